The van der Waals surface area contributed by atoms with Crippen LogP contribution < -0.4 is 11.5 Å². The van der Waals surface area contributed by atoms with Crippen LogP contribution in [0.4, 0.5) is 5.69 Å². The first-order valence-corrected chi connectivity index (χ1v) is 4.93. The molecule has 1 aromatic carbocycles. The highest BCUT2D eigenvalue weighted by molar-refractivity contribution is 9.10. The Hall–Kier alpha value is -1.11. The number of hydrogen-bond donors (Lipinski definition) is 4. The van der Waals surface area contributed by atoms with Crippen LogP contribution in [0.2, 0.25) is 0 Å². The number of carbonyl (C=O) groups excluding carboxylic acids is 1. The van der Waals surface area contributed by atoms with Crippen molar-refractivity contribution in [2.75, 3.05) is 5.73 Å². The molecule has 82 valence electrons. The predicted octanol–water partition coefficient (Wildman–Crippen LogP) is -0.0891. The van der Waals surface area contributed by atoms with Crippen LogP contribution in [-0.2, 0) is 4.79 Å². The topological polar surface area (TPSA) is 110 Å². The van der Waals surface area contributed by atoms with Crippen LogP contribution in [-0.4, -0.2) is 22.2 Å². The summed E-state index contributed by atoms with van der Waals surface area (Å²) in [4.78, 5) is 10.7. The standard InChI is InChI=1S/C9H11BrN2O3/c10-4-1-2-6(11)5(3-4)7(13)8(14)9(12)15/h1-3,7-8,13-14H,11H2,(H2,12,15). The van der Waals surface area contributed by atoms with Gasteiger partial charge in [-0.25, -0.2) is 0 Å². The Morgan fingerprint density at radius 2 is 2.00 bits per heavy atom. The second-order valence-corrected chi connectivity index (χ2v) is 3.98. The molecule has 1 aromatic rings. The van der Waals surface area contributed by atoms with Gasteiger partial charge in [-0.2, -0.15) is 0 Å². The number of nitrogens with two attached hydrogens (primary N) is 2. The van der Waals surface area contributed by atoms with Crippen molar-refractivity contribution in [2.24, 2.45) is 5.73 Å². The Kier molecular flexibility index (Phi) is 3.67. The lowest BCUT2D eigenvalue weighted by molar-refractivity contribution is -0.131. The van der Waals surface area contributed by atoms with Crippen molar-refractivity contribution >= 4 is 27.5 Å². The normalized spacial score (nSPS) is 14.6. The third kappa shape index (κ3) is 2.68. The van der Waals surface area contributed by atoms with Crippen molar-refractivity contribution in [1.82, 2.24) is 0 Å². The van der Waals surface area contributed by atoms with Gasteiger partial charge in [0.1, 0.15) is 6.10 Å². The molecule has 0 radical (unpaired) electrons. The molecule has 0 saturated carbocycles. The molecule has 0 spiro atoms. The van der Waals surface area contributed by atoms with Crippen LogP contribution >= 0.6 is 15.9 Å². The van der Waals surface area contributed by atoms with Crippen molar-refractivity contribution in [3.05, 3.63) is 28.2 Å². The van der Waals surface area contributed by atoms with Gasteiger partial charge in [-0.15, -0.1) is 0 Å². The lowest BCUT2D eigenvalue weighted by atomic mass is 10.0. The zero-order valence-electron chi connectivity index (χ0n) is 7.72. The van der Waals surface area contributed by atoms with E-state index in [1.54, 1.807) is 12.1 Å². The van der Waals surface area contributed by atoms with E-state index < -0.39 is 18.1 Å². The minimum Gasteiger partial charge on any atom is -0.398 e. The van der Waals surface area contributed by atoms with E-state index in [0.717, 1.165) is 0 Å². The summed E-state index contributed by atoms with van der Waals surface area (Å²) in [5, 5.41) is 18.9. The summed E-state index contributed by atoms with van der Waals surface area (Å²) in [7, 11) is 0. The molecule has 6 heteroatoms. The van der Waals surface area contributed by atoms with E-state index in [4.69, 9.17) is 11.5 Å². The molecule has 2 unspecified atom stereocenters. The number of carbonyl (C=O) groups is 1. The molecule has 2 atom stereocenters. The molecule has 0 bridgehead atoms. The van der Waals surface area contributed by atoms with Crippen molar-refractivity contribution in [3.8, 4) is 0 Å². The van der Waals surface area contributed by atoms with Crippen LogP contribution in [0.3, 0.4) is 0 Å². The van der Waals surface area contributed by atoms with Crippen LogP contribution in [0.15, 0.2) is 22.7 Å². The van der Waals surface area contributed by atoms with Gasteiger partial charge in [0.2, 0.25) is 5.91 Å². The number of anilines is 1. The van der Waals surface area contributed by atoms with Crippen LogP contribution in [0.1, 0.15) is 11.7 Å². The highest BCUT2D eigenvalue weighted by Crippen LogP contribution is 2.26. The first-order valence-electron chi connectivity index (χ1n) is 4.14. The summed E-state index contributed by atoms with van der Waals surface area (Å²) in [6, 6.07) is 4.75. The Balaban J connectivity index is 3.04. The Morgan fingerprint density at radius 1 is 1.40 bits per heavy atom. The monoisotopic (exact) mass is 274 g/mol. The molecule has 0 saturated heterocycles. The van der Waals surface area contributed by atoms with Crippen LogP contribution in [0.25, 0.3) is 0 Å². The predicted molar refractivity (Wildman–Crippen MR) is 58.7 cm³/mol. The van der Waals surface area contributed by atoms with E-state index in [2.05, 4.69) is 15.9 Å². The molecule has 0 heterocycles. The van der Waals surface area contributed by atoms with E-state index in [0.29, 0.717) is 4.47 Å². The number of primary amides is 1. The fourth-order valence-electron chi connectivity index (χ4n) is 1.13. The van der Waals surface area contributed by atoms with Gasteiger partial charge >= 0.3 is 0 Å². The largest absolute Gasteiger partial charge is 0.398 e. The van der Waals surface area contributed by atoms with Crippen molar-refractivity contribution in [1.29, 1.82) is 0 Å². The molecule has 0 aliphatic rings. The minimum atomic E-state index is -1.67. The summed E-state index contributed by atoms with van der Waals surface area (Å²) < 4.78 is 0.683. The van der Waals surface area contributed by atoms with Crippen molar-refractivity contribution in [3.63, 3.8) is 0 Å². The highest BCUT2D eigenvalue weighted by Gasteiger charge is 2.25. The second kappa shape index (κ2) is 4.61. The van der Waals surface area contributed by atoms with Gasteiger partial charge < -0.3 is 21.7 Å². The van der Waals surface area contributed by atoms with E-state index in [9.17, 15) is 15.0 Å². The number of aliphatic hydroxyl groups excluding tert-OH is 2. The average molecular weight is 275 g/mol. The Bertz CT molecular complexity index is 384. The quantitative estimate of drug-likeness (QED) is 0.578. The fraction of sp³-hybridized carbons (Fsp3) is 0.222. The lowest BCUT2D eigenvalue weighted by Gasteiger charge is -2.17. The zero-order chi connectivity index (χ0) is 11.6. The summed E-state index contributed by atoms with van der Waals surface area (Å²) in [6.07, 6.45) is -3.08. The van der Waals surface area contributed by atoms with E-state index in [1.807, 2.05) is 0 Å². The summed E-state index contributed by atoms with van der Waals surface area (Å²) >= 11 is 3.19. The molecular formula is C9H11BrN2O3. The first-order chi connectivity index (χ1) is 6.93. The maximum absolute atomic E-state index is 10.7. The molecule has 6 N–H and O–H groups in total. The molecule has 0 fully saturated rings. The van der Waals surface area contributed by atoms with Gasteiger partial charge in [-0.1, -0.05) is 15.9 Å². The van der Waals surface area contributed by atoms with Crippen molar-refractivity contribution in [2.45, 2.75) is 12.2 Å². The van der Waals surface area contributed by atoms with E-state index >= 15 is 0 Å². The van der Waals surface area contributed by atoms with Crippen molar-refractivity contribution < 1.29 is 15.0 Å². The average Bonchev–Trinajstić information content (AvgIpc) is 2.19. The maximum Gasteiger partial charge on any atom is 0.249 e. The van der Waals surface area contributed by atoms with E-state index in [1.165, 1.54) is 6.07 Å². The zero-order valence-corrected chi connectivity index (χ0v) is 9.31. The first kappa shape index (κ1) is 12.0. The van der Waals surface area contributed by atoms with Gasteiger partial charge in [0.15, 0.2) is 6.10 Å². The fourth-order valence-corrected chi connectivity index (χ4v) is 1.51. The third-order valence-corrected chi connectivity index (χ3v) is 2.45. The molecule has 15 heavy (non-hydrogen) atoms. The number of nitrogen functional groups attached to an aromatic ring is 1. The van der Waals surface area contributed by atoms with Crippen LogP contribution in [0, 0.1) is 0 Å². The number of halogens is 1. The summed E-state index contributed by atoms with van der Waals surface area (Å²) in [5.41, 5.74) is 11.0. The molecule has 0 aliphatic heterocycles. The van der Waals surface area contributed by atoms with Gasteiger partial charge in [-0.3, -0.25) is 4.79 Å². The van der Waals surface area contributed by atoms with Gasteiger partial charge in [0, 0.05) is 15.7 Å². The number of aliphatic hydroxyl groups is 2. The number of hydrogen-bond acceptors (Lipinski definition) is 4. The number of rotatable bonds is 3. The van der Waals surface area contributed by atoms with Crippen LogP contribution in [0.5, 0.6) is 0 Å². The smallest absolute Gasteiger partial charge is 0.249 e. The highest BCUT2D eigenvalue weighted by atomic mass is 79.9. The molecule has 0 aliphatic carbocycles. The minimum absolute atomic E-state index is 0.260. The second-order valence-electron chi connectivity index (χ2n) is 3.07. The molecule has 1 amide bonds. The SMILES string of the molecule is NC(=O)C(O)C(O)c1cc(Br)ccc1N. The van der Waals surface area contributed by atoms with Gasteiger partial charge in [0.25, 0.3) is 0 Å². The number of amides is 1. The molecular weight excluding hydrogens is 264 g/mol. The molecule has 5 nitrogen and oxygen atoms in total. The van der Waals surface area contributed by atoms with Gasteiger partial charge in [0.05, 0.1) is 0 Å². The number of benzene rings is 1. The summed E-state index contributed by atoms with van der Waals surface area (Å²) in [6.45, 7) is 0. The Morgan fingerprint density at radius 3 is 2.53 bits per heavy atom. The third-order valence-electron chi connectivity index (χ3n) is 1.96. The van der Waals surface area contributed by atoms with Gasteiger partial charge in [-0.05, 0) is 18.2 Å². The Labute approximate surface area is 94.8 Å². The maximum atomic E-state index is 10.7. The summed E-state index contributed by atoms with van der Waals surface area (Å²) in [5.74, 6) is -0.998. The molecule has 1 rings (SSSR count). The van der Waals surface area contributed by atoms with E-state index in [-0.39, 0.29) is 11.3 Å². The molecule has 0 aromatic heterocycles. The lowest BCUT2D eigenvalue weighted by Crippen LogP contribution is -2.34.